The van der Waals surface area contributed by atoms with Crippen LogP contribution in [-0.2, 0) is 17.8 Å². The Morgan fingerprint density at radius 2 is 2.25 bits per heavy atom. The summed E-state index contributed by atoms with van der Waals surface area (Å²) in [6.07, 6.45) is 1.81. The normalized spacial score (nSPS) is 14.9. The molecule has 1 aliphatic heterocycles. The number of halogens is 1. The Hall–Kier alpha value is -1.23. The maximum Gasteiger partial charge on any atom is 0.267 e. The molecule has 0 unspecified atom stereocenters. The average Bonchev–Trinajstić information content (AvgIpc) is 2.67. The number of hydrogen-bond donors (Lipinski definition) is 2. The van der Waals surface area contributed by atoms with Crippen LogP contribution in [0.1, 0.15) is 24.1 Å². The van der Waals surface area contributed by atoms with Crippen molar-refractivity contribution in [2.75, 3.05) is 12.4 Å². The second kappa shape index (κ2) is 4.74. The molecule has 0 atom stereocenters. The molecule has 5 nitrogen and oxygen atoms in total. The van der Waals surface area contributed by atoms with Gasteiger partial charge in [-0.2, -0.15) is 0 Å². The van der Waals surface area contributed by atoms with Gasteiger partial charge in [-0.15, -0.1) is 11.6 Å². The molecule has 0 radical (unpaired) electrons. The van der Waals surface area contributed by atoms with Crippen LogP contribution in [0.2, 0.25) is 0 Å². The zero-order chi connectivity index (χ0) is 11.5. The number of hydrogen-bond acceptors (Lipinski definition) is 2. The zero-order valence-electron chi connectivity index (χ0n) is 8.88. The third-order valence-electron chi connectivity index (χ3n) is 2.82. The molecular weight excluding hydrogens is 230 g/mol. The number of rotatable bonds is 3. The molecule has 2 N–H and O–H groups in total. The quantitative estimate of drug-likeness (QED) is 0.764. The van der Waals surface area contributed by atoms with Gasteiger partial charge in [0.25, 0.3) is 5.56 Å². The van der Waals surface area contributed by atoms with Crippen LogP contribution in [0.4, 0.5) is 0 Å². The van der Waals surface area contributed by atoms with E-state index in [2.05, 4.69) is 10.2 Å². The Morgan fingerprint density at radius 3 is 3.00 bits per heavy atom. The molecule has 2 heterocycles. The fraction of sp³-hybridized carbons (Fsp3) is 0.600. The maximum atomic E-state index is 11.7. The average molecular weight is 244 g/mol. The fourth-order valence-electron chi connectivity index (χ4n) is 1.93. The van der Waals surface area contributed by atoms with Crippen molar-refractivity contribution in [1.29, 1.82) is 0 Å². The van der Waals surface area contributed by atoms with Crippen molar-refractivity contribution in [2.24, 2.45) is 0 Å². The topological polar surface area (TPSA) is 69.0 Å². The monoisotopic (exact) mass is 243 g/mol. The molecule has 0 bridgehead atoms. The zero-order valence-corrected chi connectivity index (χ0v) is 9.64. The van der Waals surface area contributed by atoms with E-state index in [1.807, 2.05) is 0 Å². The molecule has 1 aromatic heterocycles. The first-order valence-corrected chi connectivity index (χ1v) is 5.88. The Bertz CT molecular complexity index is 438. The van der Waals surface area contributed by atoms with Gasteiger partial charge < -0.3 is 10.00 Å². The summed E-state index contributed by atoms with van der Waals surface area (Å²) in [5, 5.41) is 5.35. The highest BCUT2D eigenvalue weighted by Gasteiger charge is 2.23. The molecule has 0 aliphatic carbocycles. The summed E-state index contributed by atoms with van der Waals surface area (Å²) in [4.78, 5) is 24.8. The van der Waals surface area contributed by atoms with Crippen LogP contribution in [-0.4, -0.2) is 33.4 Å². The molecule has 1 aromatic rings. The van der Waals surface area contributed by atoms with E-state index in [0.29, 0.717) is 38.2 Å². The van der Waals surface area contributed by atoms with Crippen LogP contribution in [0.25, 0.3) is 0 Å². The number of nitrogens with zero attached hydrogens (tertiary/aromatic N) is 1. The summed E-state index contributed by atoms with van der Waals surface area (Å²) in [5.41, 5.74) is 1.54. The Labute approximate surface area is 97.8 Å². The largest absolute Gasteiger partial charge is 0.336 e. The molecular formula is C10H14ClN3O2. The van der Waals surface area contributed by atoms with Gasteiger partial charge in [0.2, 0.25) is 5.91 Å². The number of aromatic nitrogens is 2. The first kappa shape index (κ1) is 11.3. The lowest BCUT2D eigenvalue weighted by Crippen LogP contribution is -2.36. The van der Waals surface area contributed by atoms with Gasteiger partial charge in [0, 0.05) is 24.4 Å². The smallest absolute Gasteiger partial charge is 0.267 e. The van der Waals surface area contributed by atoms with Crippen LogP contribution in [0.15, 0.2) is 4.79 Å². The minimum atomic E-state index is -0.0668. The molecule has 88 valence electrons. The molecule has 0 spiro atoms. The van der Waals surface area contributed by atoms with Gasteiger partial charge in [0.05, 0.1) is 12.2 Å². The van der Waals surface area contributed by atoms with Crippen molar-refractivity contribution in [3.63, 3.8) is 0 Å². The van der Waals surface area contributed by atoms with Gasteiger partial charge in [0.15, 0.2) is 0 Å². The van der Waals surface area contributed by atoms with Crippen LogP contribution < -0.4 is 5.56 Å². The number of nitrogens with one attached hydrogen (secondary N) is 2. The molecule has 0 aromatic carbocycles. The summed E-state index contributed by atoms with van der Waals surface area (Å²) >= 11 is 5.55. The van der Waals surface area contributed by atoms with Crippen LogP contribution in [0.5, 0.6) is 0 Å². The predicted molar refractivity (Wildman–Crippen MR) is 60.5 cm³/mol. The molecule has 1 amide bonds. The van der Waals surface area contributed by atoms with E-state index in [4.69, 9.17) is 11.6 Å². The minimum Gasteiger partial charge on any atom is -0.336 e. The Balaban J connectivity index is 2.02. The fourth-order valence-corrected chi connectivity index (χ4v) is 2.06. The second-order valence-corrected chi connectivity index (χ2v) is 4.27. The van der Waals surface area contributed by atoms with Gasteiger partial charge in [-0.05, 0) is 12.8 Å². The van der Waals surface area contributed by atoms with Gasteiger partial charge in [-0.3, -0.25) is 14.7 Å². The third kappa shape index (κ3) is 2.14. The lowest BCUT2D eigenvalue weighted by Gasteiger charge is -2.26. The summed E-state index contributed by atoms with van der Waals surface area (Å²) in [6.45, 7) is 1.12. The summed E-state index contributed by atoms with van der Waals surface area (Å²) in [5.74, 6) is 0.611. The highest BCUT2D eigenvalue weighted by Crippen LogP contribution is 2.14. The van der Waals surface area contributed by atoms with E-state index in [-0.39, 0.29) is 11.5 Å². The molecule has 0 saturated carbocycles. The van der Waals surface area contributed by atoms with Crippen molar-refractivity contribution >= 4 is 17.5 Å². The molecule has 1 aliphatic rings. The van der Waals surface area contributed by atoms with E-state index in [9.17, 15) is 9.59 Å². The van der Waals surface area contributed by atoms with Crippen molar-refractivity contribution in [3.8, 4) is 0 Å². The number of aromatic amines is 2. The van der Waals surface area contributed by atoms with Crippen molar-refractivity contribution in [1.82, 2.24) is 15.1 Å². The summed E-state index contributed by atoms with van der Waals surface area (Å²) in [7, 11) is 0. The number of fused-ring (bicyclic) bond motifs is 1. The van der Waals surface area contributed by atoms with Gasteiger partial charge in [0.1, 0.15) is 0 Å². The predicted octanol–water partition coefficient (Wildman–Crippen LogP) is 0.607. The minimum absolute atomic E-state index is 0.0668. The Morgan fingerprint density at radius 1 is 1.44 bits per heavy atom. The first-order chi connectivity index (χ1) is 7.72. The van der Waals surface area contributed by atoms with Crippen LogP contribution >= 0.6 is 11.6 Å². The number of alkyl halides is 1. The number of carbonyl (C=O) groups excluding carboxylic acids is 1. The lowest BCUT2D eigenvalue weighted by atomic mass is 10.1. The number of H-pyrrole nitrogens is 2. The number of amides is 1. The summed E-state index contributed by atoms with van der Waals surface area (Å²) < 4.78 is 0. The second-order valence-electron chi connectivity index (χ2n) is 3.89. The Kier molecular flexibility index (Phi) is 3.33. The van der Waals surface area contributed by atoms with E-state index in [1.165, 1.54) is 0 Å². The van der Waals surface area contributed by atoms with Crippen molar-refractivity contribution < 1.29 is 4.79 Å². The first-order valence-electron chi connectivity index (χ1n) is 5.34. The van der Waals surface area contributed by atoms with Crippen LogP contribution in [0, 0.1) is 0 Å². The number of carbonyl (C=O) groups is 1. The van der Waals surface area contributed by atoms with Crippen molar-refractivity contribution in [2.45, 2.75) is 25.8 Å². The molecule has 6 heteroatoms. The highest BCUT2D eigenvalue weighted by atomic mass is 35.5. The maximum absolute atomic E-state index is 11.7. The highest BCUT2D eigenvalue weighted by molar-refractivity contribution is 6.17. The third-order valence-corrected chi connectivity index (χ3v) is 3.09. The molecule has 0 fully saturated rings. The van der Waals surface area contributed by atoms with E-state index in [0.717, 1.165) is 11.3 Å². The lowest BCUT2D eigenvalue weighted by molar-refractivity contribution is -0.132. The standard InChI is InChI=1S/C10H14ClN3O2/c11-4-1-2-9(15)14-5-3-7-8(6-14)12-13-10(7)16/h1-6H2,(H2,12,13,16). The van der Waals surface area contributed by atoms with Crippen LogP contribution in [0.3, 0.4) is 0 Å². The van der Waals surface area contributed by atoms with Gasteiger partial charge in [-0.1, -0.05) is 0 Å². The molecule has 2 rings (SSSR count). The molecule has 16 heavy (non-hydrogen) atoms. The van der Waals surface area contributed by atoms with E-state index >= 15 is 0 Å². The van der Waals surface area contributed by atoms with Crippen molar-refractivity contribution in [3.05, 3.63) is 21.6 Å². The van der Waals surface area contributed by atoms with E-state index < -0.39 is 0 Å². The van der Waals surface area contributed by atoms with E-state index in [1.54, 1.807) is 4.90 Å². The SMILES string of the molecule is O=C(CCCCl)N1CCc2c([nH][nH]c2=O)C1. The van der Waals surface area contributed by atoms with Gasteiger partial charge in [-0.25, -0.2) is 0 Å². The molecule has 0 saturated heterocycles. The summed E-state index contributed by atoms with van der Waals surface area (Å²) in [6, 6.07) is 0. The van der Waals surface area contributed by atoms with Gasteiger partial charge >= 0.3 is 0 Å².